The maximum absolute atomic E-state index is 13.5. The quantitative estimate of drug-likeness (QED) is 0.460. The van der Waals surface area contributed by atoms with E-state index in [9.17, 15) is 9.50 Å². The molecule has 3 heterocycles. The van der Waals surface area contributed by atoms with Gasteiger partial charge < -0.3 is 15.0 Å². The highest BCUT2D eigenvalue weighted by atomic mass is 19.1. The number of hydrogen-bond acceptors (Lipinski definition) is 5. The van der Waals surface area contributed by atoms with E-state index in [1.807, 2.05) is 35.0 Å². The summed E-state index contributed by atoms with van der Waals surface area (Å²) < 4.78 is 17.0. The summed E-state index contributed by atoms with van der Waals surface area (Å²) in [5.41, 5.74) is 4.12. The van der Waals surface area contributed by atoms with Crippen LogP contribution in [0, 0.1) is 5.82 Å². The van der Waals surface area contributed by atoms with Crippen molar-refractivity contribution < 1.29 is 9.50 Å². The molecule has 1 atom stereocenters. The van der Waals surface area contributed by atoms with Gasteiger partial charge in [0.1, 0.15) is 23.9 Å². The van der Waals surface area contributed by atoms with Crippen molar-refractivity contribution in [2.45, 2.75) is 19.7 Å². The summed E-state index contributed by atoms with van der Waals surface area (Å²) in [5, 5.41) is 18.7. The summed E-state index contributed by atoms with van der Waals surface area (Å²) in [7, 11) is 0. The monoisotopic (exact) mass is 402 g/mol. The van der Waals surface area contributed by atoms with Crippen molar-refractivity contribution in [3.05, 3.63) is 78.6 Å². The number of rotatable bonds is 5. The number of hydrogen-bond donors (Lipinski definition) is 2. The Morgan fingerprint density at radius 1 is 1.13 bits per heavy atom. The van der Waals surface area contributed by atoms with Crippen LogP contribution >= 0.6 is 0 Å². The van der Waals surface area contributed by atoms with Crippen LogP contribution in [0.5, 0.6) is 0 Å². The molecule has 0 saturated heterocycles. The predicted molar refractivity (Wildman–Crippen MR) is 113 cm³/mol. The molecule has 0 aliphatic carbocycles. The van der Waals surface area contributed by atoms with Gasteiger partial charge in [0.05, 0.1) is 23.8 Å². The Morgan fingerprint density at radius 3 is 2.87 bits per heavy atom. The van der Waals surface area contributed by atoms with Crippen LogP contribution < -0.4 is 5.32 Å². The lowest BCUT2D eigenvalue weighted by molar-refractivity contribution is 0.129. The smallest absolute Gasteiger partial charge is 0.158 e. The van der Waals surface area contributed by atoms with Gasteiger partial charge >= 0.3 is 0 Å². The van der Waals surface area contributed by atoms with Crippen LogP contribution in [0.3, 0.4) is 0 Å². The summed E-state index contributed by atoms with van der Waals surface area (Å²) in [6.07, 6.45) is 4.37. The number of aliphatic hydroxyl groups excluding tert-OH is 1. The fourth-order valence-electron chi connectivity index (χ4n) is 3.63. The van der Waals surface area contributed by atoms with Crippen LogP contribution in [0.25, 0.3) is 21.9 Å². The third-order valence-corrected chi connectivity index (χ3v) is 5.03. The number of nitrogens with one attached hydrogen (secondary N) is 1. The van der Waals surface area contributed by atoms with Crippen molar-refractivity contribution in [2.75, 3.05) is 5.32 Å². The predicted octanol–water partition coefficient (Wildman–Crippen LogP) is 4.22. The van der Waals surface area contributed by atoms with Gasteiger partial charge in [0.2, 0.25) is 0 Å². The second kappa shape index (κ2) is 7.23. The van der Waals surface area contributed by atoms with Gasteiger partial charge in [-0.15, -0.1) is 0 Å². The first-order valence-corrected chi connectivity index (χ1v) is 9.55. The fourth-order valence-corrected chi connectivity index (χ4v) is 3.63. The van der Waals surface area contributed by atoms with Crippen molar-refractivity contribution in [1.82, 2.24) is 24.3 Å². The fraction of sp³-hybridized carbons (Fsp3) is 0.136. The largest absolute Gasteiger partial charge is 0.374 e. The van der Waals surface area contributed by atoms with Gasteiger partial charge in [-0.05, 0) is 48.9 Å². The Bertz CT molecular complexity index is 1360. The van der Waals surface area contributed by atoms with Crippen LogP contribution in [0.4, 0.5) is 15.9 Å². The lowest BCUT2D eigenvalue weighted by atomic mass is 10.2. The third-order valence-electron chi connectivity index (χ3n) is 5.03. The second-order valence-electron chi connectivity index (χ2n) is 7.14. The van der Waals surface area contributed by atoms with Crippen LogP contribution in [0.2, 0.25) is 0 Å². The summed E-state index contributed by atoms with van der Waals surface area (Å²) >= 11 is 0. The Hall–Kier alpha value is -3.78. The molecule has 7 nitrogen and oxygen atoms in total. The summed E-state index contributed by atoms with van der Waals surface area (Å²) in [6.45, 7) is 2.18. The highest BCUT2D eigenvalue weighted by Crippen LogP contribution is 2.27. The van der Waals surface area contributed by atoms with E-state index in [1.54, 1.807) is 30.0 Å². The third kappa shape index (κ3) is 3.27. The van der Waals surface area contributed by atoms with Gasteiger partial charge in [-0.25, -0.2) is 14.4 Å². The van der Waals surface area contributed by atoms with E-state index in [2.05, 4.69) is 20.4 Å². The molecule has 0 aliphatic rings. The maximum atomic E-state index is 13.5. The molecule has 2 N–H and O–H groups in total. The Morgan fingerprint density at radius 2 is 2.03 bits per heavy atom. The van der Waals surface area contributed by atoms with Crippen molar-refractivity contribution in [3.63, 3.8) is 0 Å². The Balaban J connectivity index is 1.47. The number of aliphatic hydroxyl groups is 1. The molecule has 0 spiro atoms. The molecule has 8 heteroatoms. The van der Waals surface area contributed by atoms with Gasteiger partial charge in [0.15, 0.2) is 5.82 Å². The lowest BCUT2D eigenvalue weighted by Gasteiger charge is -2.12. The number of fused-ring (bicyclic) bond motifs is 2. The number of halogens is 1. The minimum Gasteiger partial charge on any atom is -0.374 e. The van der Waals surface area contributed by atoms with E-state index >= 15 is 0 Å². The van der Waals surface area contributed by atoms with Gasteiger partial charge in [-0.1, -0.05) is 12.1 Å². The molecule has 0 bridgehead atoms. The highest BCUT2D eigenvalue weighted by Gasteiger charge is 2.13. The van der Waals surface area contributed by atoms with Gasteiger partial charge in [-0.2, -0.15) is 5.10 Å². The molecular weight excluding hydrogens is 383 g/mol. The zero-order valence-electron chi connectivity index (χ0n) is 16.2. The topological polar surface area (TPSA) is 80.8 Å². The highest BCUT2D eigenvalue weighted by molar-refractivity contribution is 5.90. The number of nitrogens with zero attached hydrogens (tertiary/aromatic N) is 5. The SMILES string of the molecule is CC(O)n1ccc2ncnc(Nc3ccc4c(cnn4Cc4cccc(F)c4)c3)c21. The van der Waals surface area contributed by atoms with E-state index in [-0.39, 0.29) is 5.82 Å². The van der Waals surface area contributed by atoms with E-state index in [0.717, 1.165) is 33.2 Å². The standard InChI is InChI=1S/C22H19FN6O/c1-14(30)28-8-7-19-21(28)22(25-13-24-19)27-18-5-6-20-16(10-18)11-26-29(20)12-15-3-2-4-17(23)9-15/h2-11,13-14,30H,12H2,1H3,(H,24,25,27). The van der Waals surface area contributed by atoms with Gasteiger partial charge in [0.25, 0.3) is 0 Å². The number of anilines is 2. The van der Waals surface area contributed by atoms with E-state index in [0.29, 0.717) is 12.4 Å². The first-order valence-electron chi connectivity index (χ1n) is 9.55. The molecule has 5 rings (SSSR count). The molecule has 5 aromatic rings. The summed E-state index contributed by atoms with van der Waals surface area (Å²) in [4.78, 5) is 8.62. The average Bonchev–Trinajstić information content (AvgIpc) is 3.33. The van der Waals surface area contributed by atoms with Crippen molar-refractivity contribution in [2.24, 2.45) is 0 Å². The van der Waals surface area contributed by atoms with E-state index in [4.69, 9.17) is 0 Å². The molecule has 0 saturated carbocycles. The van der Waals surface area contributed by atoms with Crippen molar-refractivity contribution in [3.8, 4) is 0 Å². The zero-order chi connectivity index (χ0) is 20.7. The molecule has 150 valence electrons. The maximum Gasteiger partial charge on any atom is 0.158 e. The molecule has 2 aromatic carbocycles. The first kappa shape index (κ1) is 18.3. The molecular formula is C22H19FN6O. The van der Waals surface area contributed by atoms with E-state index in [1.165, 1.54) is 18.5 Å². The van der Waals surface area contributed by atoms with Gasteiger partial charge in [0, 0.05) is 17.3 Å². The summed E-state index contributed by atoms with van der Waals surface area (Å²) in [5.74, 6) is 0.353. The second-order valence-corrected chi connectivity index (χ2v) is 7.14. The Kier molecular flexibility index (Phi) is 4.40. The van der Waals surface area contributed by atoms with Crippen LogP contribution in [0.15, 0.2) is 67.3 Å². The number of aromatic nitrogens is 5. The van der Waals surface area contributed by atoms with E-state index < -0.39 is 6.23 Å². The first-order chi connectivity index (χ1) is 14.6. The molecule has 1 unspecified atom stereocenters. The van der Waals surface area contributed by atoms with Gasteiger partial charge in [-0.3, -0.25) is 4.68 Å². The molecule has 0 amide bonds. The molecule has 0 fully saturated rings. The average molecular weight is 402 g/mol. The normalized spacial score (nSPS) is 12.5. The summed E-state index contributed by atoms with van der Waals surface area (Å²) in [6, 6.07) is 14.3. The minimum atomic E-state index is -0.697. The number of benzene rings is 2. The van der Waals surface area contributed by atoms with Crippen molar-refractivity contribution in [1.29, 1.82) is 0 Å². The molecule has 0 radical (unpaired) electrons. The molecule has 3 aromatic heterocycles. The molecule has 30 heavy (non-hydrogen) atoms. The van der Waals surface area contributed by atoms with Crippen LogP contribution in [-0.4, -0.2) is 29.4 Å². The molecule has 0 aliphatic heterocycles. The minimum absolute atomic E-state index is 0.256. The van der Waals surface area contributed by atoms with Crippen molar-refractivity contribution >= 4 is 33.4 Å². The Labute approximate surface area is 171 Å². The van der Waals surface area contributed by atoms with Crippen LogP contribution in [-0.2, 0) is 6.54 Å². The lowest BCUT2D eigenvalue weighted by Crippen LogP contribution is -2.05. The zero-order valence-corrected chi connectivity index (χ0v) is 16.2. The van der Waals surface area contributed by atoms with Crippen LogP contribution in [0.1, 0.15) is 18.7 Å².